The maximum atomic E-state index is 14.0. The molecule has 2 atom stereocenters. The number of hydrogen-bond donors (Lipinski definition) is 1. The van der Waals surface area contributed by atoms with Crippen molar-refractivity contribution < 1.29 is 14.3 Å². The summed E-state index contributed by atoms with van der Waals surface area (Å²) in [5, 5.41) is 3.64. The molecule has 1 unspecified atom stereocenters. The van der Waals surface area contributed by atoms with E-state index < -0.39 is 0 Å². The van der Waals surface area contributed by atoms with E-state index in [9.17, 15) is 9.59 Å². The lowest BCUT2D eigenvalue weighted by molar-refractivity contribution is -0.132. The fourth-order valence-corrected chi connectivity index (χ4v) is 6.16. The van der Waals surface area contributed by atoms with Gasteiger partial charge in [0.15, 0.2) is 0 Å². The molecular weight excluding hydrogens is 578 g/mol. The highest BCUT2D eigenvalue weighted by Crippen LogP contribution is 2.34. The summed E-state index contributed by atoms with van der Waals surface area (Å²) < 4.78 is 6.89. The number of piperazine rings is 1. The molecule has 2 aliphatic heterocycles. The van der Waals surface area contributed by atoms with Crippen LogP contribution < -0.4 is 10.1 Å². The van der Waals surface area contributed by atoms with Gasteiger partial charge in [-0.2, -0.15) is 0 Å². The normalized spacial score (nSPS) is 18.3. The molecule has 2 amide bonds. The Hall–Kier alpha value is -3.42. The minimum absolute atomic E-state index is 0.0329. The van der Waals surface area contributed by atoms with E-state index in [0.717, 1.165) is 46.2 Å². The molecular formula is C34H38BrN3O3. The van der Waals surface area contributed by atoms with E-state index >= 15 is 0 Å². The van der Waals surface area contributed by atoms with E-state index in [4.69, 9.17) is 4.74 Å². The summed E-state index contributed by atoms with van der Waals surface area (Å²) >= 11 is 3.53. The number of fused-ring (bicyclic) bond motifs is 2. The van der Waals surface area contributed by atoms with Crippen LogP contribution >= 0.6 is 15.9 Å². The van der Waals surface area contributed by atoms with Crippen LogP contribution in [0.5, 0.6) is 5.75 Å². The number of carbonyl (C=O) groups excluding carboxylic acids is 2. The molecule has 2 bridgehead atoms. The van der Waals surface area contributed by atoms with E-state index in [1.165, 1.54) is 11.1 Å². The van der Waals surface area contributed by atoms with Crippen molar-refractivity contribution in [3.05, 3.63) is 106 Å². The van der Waals surface area contributed by atoms with Gasteiger partial charge in [0.1, 0.15) is 5.75 Å². The van der Waals surface area contributed by atoms with Crippen LogP contribution in [-0.4, -0.2) is 67.0 Å². The molecule has 7 heteroatoms. The Balaban J connectivity index is 1.31. The average molecular weight is 617 g/mol. The molecule has 214 valence electrons. The Morgan fingerprint density at radius 2 is 1.66 bits per heavy atom. The summed E-state index contributed by atoms with van der Waals surface area (Å²) in [6.45, 7) is 4.06. The van der Waals surface area contributed by atoms with Gasteiger partial charge in [0.25, 0.3) is 5.91 Å². The fraction of sp³-hybridized carbons (Fsp3) is 0.353. The van der Waals surface area contributed by atoms with Gasteiger partial charge < -0.3 is 19.9 Å². The van der Waals surface area contributed by atoms with Crippen molar-refractivity contribution in [3.63, 3.8) is 0 Å². The minimum Gasteiger partial charge on any atom is -0.492 e. The van der Waals surface area contributed by atoms with Crippen molar-refractivity contribution in [2.75, 3.05) is 33.3 Å². The molecule has 2 aliphatic rings. The van der Waals surface area contributed by atoms with Crippen molar-refractivity contribution in [1.82, 2.24) is 15.1 Å². The standard InChI is InChI=1S/C34H38BrN3O3/c1-24(39)38-22-28-21-29(27-16-14-26(15-17-27)11-8-20-41-32-13-7-6-12-30(32)35)33(31(23-38)36-28)34(40)37(2)19-18-25-9-4-3-5-10-25/h3-7,9-10,12-17,28,31,36H,8,11,18-23H2,1-2H3/t28?,31-/m1/s1. The number of nitrogens with one attached hydrogen (secondary N) is 1. The first kappa shape index (κ1) is 29.1. The quantitative estimate of drug-likeness (QED) is 0.306. The van der Waals surface area contributed by atoms with E-state index in [1.54, 1.807) is 6.92 Å². The number of rotatable bonds is 10. The van der Waals surface area contributed by atoms with Crippen LogP contribution in [0.15, 0.2) is 88.9 Å². The maximum absolute atomic E-state index is 14.0. The number of likely N-dealkylation sites (N-methyl/N-ethyl adjacent to an activating group) is 1. The molecule has 0 aromatic heterocycles. The van der Waals surface area contributed by atoms with Crippen LogP contribution in [0.4, 0.5) is 0 Å². The van der Waals surface area contributed by atoms with Crippen molar-refractivity contribution in [2.24, 2.45) is 0 Å². The van der Waals surface area contributed by atoms with Gasteiger partial charge in [0.2, 0.25) is 5.91 Å². The third kappa shape index (κ3) is 7.27. The third-order valence-electron chi connectivity index (χ3n) is 8.01. The number of carbonyl (C=O) groups is 2. The average Bonchev–Trinajstić information content (AvgIpc) is 2.99. The Bertz CT molecular complexity index is 1390. The van der Waals surface area contributed by atoms with Crippen molar-refractivity contribution in [1.29, 1.82) is 0 Å². The molecule has 1 saturated heterocycles. The van der Waals surface area contributed by atoms with Gasteiger partial charge in [-0.25, -0.2) is 0 Å². The Labute approximate surface area is 251 Å². The minimum atomic E-state index is -0.179. The van der Waals surface area contributed by atoms with Crippen LogP contribution in [0.3, 0.4) is 0 Å². The number of amides is 2. The number of halogens is 1. The van der Waals surface area contributed by atoms with Crippen LogP contribution in [0, 0.1) is 0 Å². The van der Waals surface area contributed by atoms with E-state index in [2.05, 4.69) is 57.6 Å². The van der Waals surface area contributed by atoms with Gasteiger partial charge >= 0.3 is 0 Å². The predicted molar refractivity (Wildman–Crippen MR) is 167 cm³/mol. The SMILES string of the molecule is CC(=O)N1CC2CC(c3ccc(CCCOc4ccccc4Br)cc3)=C(C(=O)N(C)CCc3ccccc3)[C@@H](C1)N2. The Morgan fingerprint density at radius 3 is 2.39 bits per heavy atom. The Kier molecular flexibility index (Phi) is 9.57. The van der Waals surface area contributed by atoms with E-state index in [1.807, 2.05) is 59.3 Å². The predicted octanol–water partition coefficient (Wildman–Crippen LogP) is 5.51. The second-order valence-electron chi connectivity index (χ2n) is 11.0. The molecule has 0 aliphatic carbocycles. The van der Waals surface area contributed by atoms with Crippen molar-refractivity contribution >= 4 is 33.3 Å². The topological polar surface area (TPSA) is 61.9 Å². The molecule has 0 radical (unpaired) electrons. The van der Waals surface area contributed by atoms with Crippen LogP contribution in [-0.2, 0) is 22.4 Å². The Morgan fingerprint density at radius 1 is 0.951 bits per heavy atom. The van der Waals surface area contributed by atoms with Gasteiger partial charge in [0.05, 0.1) is 17.1 Å². The number of benzene rings is 3. The summed E-state index contributed by atoms with van der Waals surface area (Å²) in [5.74, 6) is 0.952. The summed E-state index contributed by atoms with van der Waals surface area (Å²) in [4.78, 5) is 29.9. The molecule has 1 fully saturated rings. The molecule has 0 spiro atoms. The lowest BCUT2D eigenvalue weighted by atomic mass is 9.82. The smallest absolute Gasteiger partial charge is 0.251 e. The first-order chi connectivity index (χ1) is 19.9. The monoisotopic (exact) mass is 615 g/mol. The van der Waals surface area contributed by atoms with Gasteiger partial charge in [-0.15, -0.1) is 0 Å². The van der Waals surface area contributed by atoms with E-state index in [-0.39, 0.29) is 23.9 Å². The number of ether oxygens (including phenoxy) is 1. The third-order valence-corrected chi connectivity index (χ3v) is 8.67. The summed E-state index contributed by atoms with van der Waals surface area (Å²) in [5.41, 5.74) is 5.43. The lowest BCUT2D eigenvalue weighted by Gasteiger charge is -2.44. The first-order valence-electron chi connectivity index (χ1n) is 14.4. The molecule has 1 N–H and O–H groups in total. The maximum Gasteiger partial charge on any atom is 0.251 e. The van der Waals surface area contributed by atoms with Crippen LogP contribution in [0.1, 0.15) is 36.5 Å². The molecule has 41 heavy (non-hydrogen) atoms. The number of nitrogens with zero attached hydrogens (tertiary/aromatic N) is 2. The first-order valence-corrected chi connectivity index (χ1v) is 15.2. The molecule has 5 rings (SSSR count). The summed E-state index contributed by atoms with van der Waals surface area (Å²) in [7, 11) is 1.88. The fourth-order valence-electron chi connectivity index (χ4n) is 5.77. The summed E-state index contributed by atoms with van der Waals surface area (Å²) in [6, 6.07) is 26.7. The van der Waals surface area contributed by atoms with Gasteiger partial charge in [-0.1, -0.05) is 66.7 Å². The second kappa shape index (κ2) is 13.5. The highest BCUT2D eigenvalue weighted by atomic mass is 79.9. The highest BCUT2D eigenvalue weighted by Gasteiger charge is 2.39. The highest BCUT2D eigenvalue weighted by molar-refractivity contribution is 9.10. The molecule has 6 nitrogen and oxygen atoms in total. The van der Waals surface area contributed by atoms with Crippen LogP contribution in [0.25, 0.3) is 5.57 Å². The van der Waals surface area contributed by atoms with E-state index in [0.29, 0.717) is 32.7 Å². The molecule has 2 heterocycles. The molecule has 0 saturated carbocycles. The number of hydrogen-bond acceptors (Lipinski definition) is 4. The number of para-hydroxylation sites is 1. The zero-order valence-electron chi connectivity index (χ0n) is 23.8. The lowest BCUT2D eigenvalue weighted by Crippen LogP contribution is -2.61. The van der Waals surface area contributed by atoms with Crippen LogP contribution in [0.2, 0.25) is 0 Å². The zero-order chi connectivity index (χ0) is 28.8. The molecule has 3 aromatic carbocycles. The van der Waals surface area contributed by atoms with Gasteiger partial charge in [-0.05, 0) is 76.0 Å². The van der Waals surface area contributed by atoms with Crippen molar-refractivity contribution in [2.45, 2.75) is 44.7 Å². The second-order valence-corrected chi connectivity index (χ2v) is 11.8. The van der Waals surface area contributed by atoms with Crippen molar-refractivity contribution in [3.8, 4) is 5.75 Å². The largest absolute Gasteiger partial charge is 0.492 e. The zero-order valence-corrected chi connectivity index (χ0v) is 25.4. The molecule has 3 aromatic rings. The summed E-state index contributed by atoms with van der Waals surface area (Å²) in [6.07, 6.45) is 3.34. The number of aryl methyl sites for hydroxylation is 1. The van der Waals surface area contributed by atoms with Gasteiger partial charge in [-0.3, -0.25) is 9.59 Å². The van der Waals surface area contributed by atoms with Gasteiger partial charge in [0, 0.05) is 45.2 Å².